The highest BCUT2D eigenvalue weighted by atomic mass is 28.4. The minimum absolute atomic E-state index is 0. The first-order valence-electron chi connectivity index (χ1n) is 14.4. The third kappa shape index (κ3) is 19.4. The normalized spacial score (nSPS) is 16.5. The minimum Gasteiger partial charge on any atom is -0.456 e. The second kappa shape index (κ2) is 18.3. The van der Waals surface area contributed by atoms with E-state index in [9.17, 15) is 10.2 Å². The van der Waals surface area contributed by atoms with Crippen LogP contribution in [0.5, 0.6) is 0 Å². The Labute approximate surface area is 245 Å². The van der Waals surface area contributed by atoms with Gasteiger partial charge >= 0.3 is 0 Å². The molecule has 8 nitrogen and oxygen atoms in total. The number of aliphatic hydroxyl groups excluding tert-OH is 2. The number of hydrogen-bond acceptors (Lipinski definition) is 8. The van der Waals surface area contributed by atoms with Crippen LogP contribution < -0.4 is 0 Å². The topological polar surface area (TPSA) is 95.8 Å². The maximum Gasteiger partial charge on any atom is 0.173 e. The molecule has 0 amide bonds. The SMILES string of the molecule is C.CCC(CO)(COOCC(CC)(CO)OCCC[Si](C)(C)O[Si](C)(C)C)OCCC[Si](C)(C)O[Si](C)(C)C. The molecule has 0 aliphatic rings. The Morgan fingerprint density at radius 1 is 0.564 bits per heavy atom. The standard InChI is InChI=1S/C26H62O8Si4.CH4/c1-13-25(21-27,29-17-15-19-37(9,10)33-35(3,4)5)23-31-32-24-26(14-2,22-28)30-18-16-20-38(11,12)34-36(6,7)8;/h27-28H,13-24H2,1-12H3;1H4. The summed E-state index contributed by atoms with van der Waals surface area (Å²) >= 11 is 0. The zero-order valence-electron chi connectivity index (χ0n) is 26.8. The van der Waals surface area contributed by atoms with Crippen molar-refractivity contribution in [2.24, 2.45) is 0 Å². The molecule has 0 bridgehead atoms. The number of hydrogen-bond donors (Lipinski definition) is 2. The van der Waals surface area contributed by atoms with Gasteiger partial charge in [0.05, 0.1) is 13.2 Å². The van der Waals surface area contributed by atoms with Gasteiger partial charge in [0.2, 0.25) is 0 Å². The van der Waals surface area contributed by atoms with Crippen molar-refractivity contribution in [2.45, 2.75) is 136 Å². The second-order valence-electron chi connectivity index (χ2n) is 13.8. The monoisotopic (exact) mass is 630 g/mol. The molecule has 2 atom stereocenters. The molecule has 238 valence electrons. The fraction of sp³-hybridized carbons (Fsp3) is 1.00. The van der Waals surface area contributed by atoms with Crippen LogP contribution in [0.4, 0.5) is 0 Å². The van der Waals surface area contributed by atoms with Gasteiger partial charge in [-0.15, -0.1) is 0 Å². The average Bonchev–Trinajstić information content (AvgIpc) is 2.76. The first-order chi connectivity index (χ1) is 17.3. The third-order valence-corrected chi connectivity index (χ3v) is 18.9. The van der Waals surface area contributed by atoms with Crippen molar-refractivity contribution >= 4 is 33.3 Å². The van der Waals surface area contributed by atoms with E-state index in [0.717, 1.165) is 24.9 Å². The summed E-state index contributed by atoms with van der Waals surface area (Å²) in [6, 6.07) is 2.02. The zero-order chi connectivity index (χ0) is 29.7. The van der Waals surface area contributed by atoms with Crippen LogP contribution in [-0.2, 0) is 27.5 Å². The van der Waals surface area contributed by atoms with Crippen LogP contribution >= 0.6 is 0 Å². The van der Waals surface area contributed by atoms with E-state index in [-0.39, 0.29) is 33.9 Å². The van der Waals surface area contributed by atoms with Gasteiger partial charge < -0.3 is 27.9 Å². The molecule has 0 aromatic rings. The maximum atomic E-state index is 10.1. The van der Waals surface area contributed by atoms with Gasteiger partial charge in [0, 0.05) is 13.2 Å². The highest BCUT2D eigenvalue weighted by Crippen LogP contribution is 2.24. The van der Waals surface area contributed by atoms with Crippen LogP contribution in [0, 0.1) is 0 Å². The highest BCUT2D eigenvalue weighted by molar-refractivity contribution is 6.84. The Morgan fingerprint density at radius 3 is 1.10 bits per heavy atom. The Bertz CT molecular complexity index is 574. The van der Waals surface area contributed by atoms with Crippen LogP contribution in [0.15, 0.2) is 0 Å². The van der Waals surface area contributed by atoms with E-state index in [1.54, 1.807) is 0 Å². The molecule has 0 fully saturated rings. The average molecular weight is 631 g/mol. The van der Waals surface area contributed by atoms with E-state index < -0.39 is 44.5 Å². The largest absolute Gasteiger partial charge is 0.456 e. The van der Waals surface area contributed by atoms with Crippen molar-refractivity contribution in [1.29, 1.82) is 0 Å². The lowest BCUT2D eigenvalue weighted by molar-refractivity contribution is -0.345. The first kappa shape index (κ1) is 41.7. The molecule has 2 unspecified atom stereocenters. The van der Waals surface area contributed by atoms with Crippen molar-refractivity contribution in [3.63, 3.8) is 0 Å². The van der Waals surface area contributed by atoms with Crippen molar-refractivity contribution in [2.75, 3.05) is 39.6 Å². The molecule has 0 spiro atoms. The van der Waals surface area contributed by atoms with Crippen LogP contribution in [0.1, 0.15) is 47.0 Å². The third-order valence-electron chi connectivity index (χ3n) is 6.42. The lowest BCUT2D eigenvalue weighted by Crippen LogP contribution is -2.45. The lowest BCUT2D eigenvalue weighted by atomic mass is 10.0. The number of rotatable bonds is 23. The summed E-state index contributed by atoms with van der Waals surface area (Å²) in [6.45, 7) is 27.3. The van der Waals surface area contributed by atoms with Gasteiger partial charge in [0.15, 0.2) is 33.3 Å². The van der Waals surface area contributed by atoms with E-state index in [0.29, 0.717) is 26.1 Å². The summed E-state index contributed by atoms with van der Waals surface area (Å²) in [5, 5.41) is 20.2. The Morgan fingerprint density at radius 2 is 0.872 bits per heavy atom. The van der Waals surface area contributed by atoms with Crippen LogP contribution in [0.25, 0.3) is 0 Å². The van der Waals surface area contributed by atoms with Gasteiger partial charge in [-0.05, 0) is 103 Å². The summed E-state index contributed by atoms with van der Waals surface area (Å²) in [6.07, 6.45) is 2.94. The summed E-state index contributed by atoms with van der Waals surface area (Å²) in [5.74, 6) is 0. The summed E-state index contributed by atoms with van der Waals surface area (Å²) < 4.78 is 25.1. The predicted molar refractivity (Wildman–Crippen MR) is 173 cm³/mol. The lowest BCUT2D eigenvalue weighted by Gasteiger charge is -2.34. The molecule has 0 aliphatic carbocycles. The fourth-order valence-corrected chi connectivity index (χ4v) is 20.6. The van der Waals surface area contributed by atoms with Crippen molar-refractivity contribution in [3.8, 4) is 0 Å². The fourth-order valence-electron chi connectivity index (χ4n) is 4.53. The predicted octanol–water partition coefficient (Wildman–Crippen LogP) is 6.78. The highest BCUT2D eigenvalue weighted by Gasteiger charge is 2.34. The molecule has 0 aliphatic heterocycles. The van der Waals surface area contributed by atoms with Crippen molar-refractivity contribution < 1.29 is 37.7 Å². The molecule has 0 saturated heterocycles. The van der Waals surface area contributed by atoms with Gasteiger partial charge in [-0.2, -0.15) is 0 Å². The molecule has 0 saturated carbocycles. The van der Waals surface area contributed by atoms with Gasteiger partial charge in [0.1, 0.15) is 24.4 Å². The maximum absolute atomic E-state index is 10.1. The van der Waals surface area contributed by atoms with E-state index in [2.05, 4.69) is 65.5 Å². The van der Waals surface area contributed by atoms with E-state index in [1.807, 2.05) is 13.8 Å². The molecular formula is C27H66O8Si4. The Hall–Kier alpha value is 0.548. The smallest absolute Gasteiger partial charge is 0.173 e. The summed E-state index contributed by atoms with van der Waals surface area (Å²) in [5.41, 5.74) is -1.65. The van der Waals surface area contributed by atoms with E-state index >= 15 is 0 Å². The molecule has 39 heavy (non-hydrogen) atoms. The molecule has 0 aromatic heterocycles. The summed E-state index contributed by atoms with van der Waals surface area (Å²) in [4.78, 5) is 11.0. The molecule has 2 N–H and O–H groups in total. The number of aliphatic hydroxyl groups is 2. The van der Waals surface area contributed by atoms with Crippen LogP contribution in [-0.4, -0.2) is 94.3 Å². The van der Waals surface area contributed by atoms with E-state index in [1.165, 1.54) is 0 Å². The van der Waals surface area contributed by atoms with Crippen molar-refractivity contribution in [1.82, 2.24) is 0 Å². The van der Waals surface area contributed by atoms with Crippen LogP contribution in [0.3, 0.4) is 0 Å². The molecule has 0 heterocycles. The quantitative estimate of drug-likeness (QED) is 0.0552. The first-order valence-corrected chi connectivity index (χ1v) is 27.5. The van der Waals surface area contributed by atoms with Gasteiger partial charge in [-0.3, -0.25) is 0 Å². The molecule has 0 radical (unpaired) electrons. The number of ether oxygens (including phenoxy) is 2. The van der Waals surface area contributed by atoms with Gasteiger partial charge in [-0.25, -0.2) is 9.78 Å². The minimum atomic E-state index is -1.73. The Kier molecular flexibility index (Phi) is 19.5. The van der Waals surface area contributed by atoms with E-state index in [4.69, 9.17) is 27.5 Å². The molecule has 0 rings (SSSR count). The zero-order valence-corrected chi connectivity index (χ0v) is 30.8. The molecule has 12 heteroatoms. The Balaban J connectivity index is 0. The van der Waals surface area contributed by atoms with Crippen LogP contribution in [0.2, 0.25) is 77.6 Å². The molecule has 0 aromatic carbocycles. The van der Waals surface area contributed by atoms with Gasteiger partial charge in [0.25, 0.3) is 0 Å². The summed E-state index contributed by atoms with van der Waals surface area (Å²) in [7, 11) is -6.58. The second-order valence-corrected chi connectivity index (χ2v) is 31.9. The molecular weight excluding hydrogens is 565 g/mol. The van der Waals surface area contributed by atoms with Gasteiger partial charge in [-0.1, -0.05) is 21.3 Å². The van der Waals surface area contributed by atoms with Crippen molar-refractivity contribution in [3.05, 3.63) is 0 Å².